The largest absolute Gasteiger partial charge is 0.352 e. The fraction of sp³-hybridized carbons (Fsp3) is 0.471. The van der Waals surface area contributed by atoms with Gasteiger partial charge in [-0.2, -0.15) is 0 Å². The molecule has 0 aliphatic heterocycles. The second-order valence-corrected chi connectivity index (χ2v) is 6.23. The Balaban J connectivity index is 2.37. The van der Waals surface area contributed by atoms with Gasteiger partial charge in [0.2, 0.25) is 11.8 Å². The van der Waals surface area contributed by atoms with Crippen molar-refractivity contribution in [2.24, 2.45) is 0 Å². The average Bonchev–Trinajstić information content (AvgIpc) is 2.56. The molecule has 0 aliphatic carbocycles. The summed E-state index contributed by atoms with van der Waals surface area (Å²) in [6.45, 7) is 6.89. The van der Waals surface area contributed by atoms with Gasteiger partial charge < -0.3 is 15.5 Å². The first-order valence-electron chi connectivity index (χ1n) is 8.00. The molecule has 2 N–H and O–H groups in total. The molecule has 1 atom stereocenters. The van der Waals surface area contributed by atoms with Crippen molar-refractivity contribution in [1.82, 2.24) is 15.5 Å². The number of carbonyl (C=O) groups is 3. The van der Waals surface area contributed by atoms with Gasteiger partial charge in [0.1, 0.15) is 6.04 Å². The van der Waals surface area contributed by atoms with Crippen LogP contribution in [0.2, 0.25) is 0 Å². The molecule has 1 aromatic carbocycles. The van der Waals surface area contributed by atoms with E-state index in [-0.39, 0.29) is 30.7 Å². The van der Waals surface area contributed by atoms with Crippen molar-refractivity contribution in [3.8, 4) is 0 Å². The maximum absolute atomic E-state index is 12.1. The first-order chi connectivity index (χ1) is 11.4. The number of nitrogens with zero attached hydrogens (tertiary/aromatic N) is 1. The molecule has 0 aromatic heterocycles. The van der Waals surface area contributed by atoms with Gasteiger partial charge in [-0.3, -0.25) is 14.4 Å². The Hall–Kier alpha value is -1.89. The van der Waals surface area contributed by atoms with Gasteiger partial charge in [0, 0.05) is 36.1 Å². The lowest BCUT2D eigenvalue weighted by Crippen LogP contribution is -2.47. The minimum Gasteiger partial charge on any atom is -0.352 e. The molecule has 7 heteroatoms. The highest BCUT2D eigenvalue weighted by Crippen LogP contribution is 2.10. The third-order valence-corrected chi connectivity index (χ3v) is 4.10. The van der Waals surface area contributed by atoms with Crippen molar-refractivity contribution in [2.75, 3.05) is 19.6 Å². The van der Waals surface area contributed by atoms with Crippen molar-refractivity contribution < 1.29 is 14.4 Å². The Morgan fingerprint density at radius 1 is 1.12 bits per heavy atom. The van der Waals surface area contributed by atoms with Crippen LogP contribution < -0.4 is 10.6 Å². The maximum atomic E-state index is 12.1. The highest BCUT2D eigenvalue weighted by Gasteiger charge is 2.19. The van der Waals surface area contributed by atoms with E-state index in [9.17, 15) is 14.4 Å². The third kappa shape index (κ3) is 6.31. The standard InChI is InChI=1S/C17H24BrN3O3/c1-4-21(5-2)17(24)12(3)20-15(22)10-11-19-16(23)13-6-8-14(18)9-7-13/h6-9,12H,4-5,10-11H2,1-3H3,(H,19,23)(H,20,22). The predicted octanol–water partition coefficient (Wildman–Crippen LogP) is 1.94. The number of nitrogens with one attached hydrogen (secondary N) is 2. The van der Waals surface area contributed by atoms with Gasteiger partial charge in [-0.1, -0.05) is 15.9 Å². The number of hydrogen-bond donors (Lipinski definition) is 2. The molecule has 0 fully saturated rings. The minimum atomic E-state index is -0.570. The summed E-state index contributed by atoms with van der Waals surface area (Å²) in [5.41, 5.74) is 0.531. The zero-order valence-corrected chi connectivity index (χ0v) is 15.9. The summed E-state index contributed by atoms with van der Waals surface area (Å²) in [4.78, 5) is 37.5. The normalized spacial score (nSPS) is 11.5. The smallest absolute Gasteiger partial charge is 0.251 e. The van der Waals surface area contributed by atoms with Crippen LogP contribution in [0.3, 0.4) is 0 Å². The Labute approximate surface area is 151 Å². The average molecular weight is 398 g/mol. The van der Waals surface area contributed by atoms with Crippen molar-refractivity contribution in [1.29, 1.82) is 0 Å². The maximum Gasteiger partial charge on any atom is 0.251 e. The molecule has 132 valence electrons. The van der Waals surface area contributed by atoms with Gasteiger partial charge in [0.25, 0.3) is 5.91 Å². The van der Waals surface area contributed by atoms with E-state index < -0.39 is 6.04 Å². The molecule has 1 unspecified atom stereocenters. The van der Waals surface area contributed by atoms with E-state index >= 15 is 0 Å². The summed E-state index contributed by atoms with van der Waals surface area (Å²) in [7, 11) is 0. The molecule has 1 rings (SSSR count). The van der Waals surface area contributed by atoms with Crippen molar-refractivity contribution >= 4 is 33.7 Å². The van der Waals surface area contributed by atoms with Crippen LogP contribution in [0.4, 0.5) is 0 Å². The minimum absolute atomic E-state index is 0.104. The van der Waals surface area contributed by atoms with Crippen LogP contribution in [0.25, 0.3) is 0 Å². The molecule has 0 saturated heterocycles. The van der Waals surface area contributed by atoms with E-state index in [4.69, 9.17) is 0 Å². The van der Waals surface area contributed by atoms with Crippen LogP contribution in [-0.2, 0) is 9.59 Å². The molecule has 0 spiro atoms. The molecule has 0 radical (unpaired) electrons. The van der Waals surface area contributed by atoms with Gasteiger partial charge >= 0.3 is 0 Å². The molecule has 3 amide bonds. The van der Waals surface area contributed by atoms with Gasteiger partial charge in [0.15, 0.2) is 0 Å². The second kappa shape index (κ2) is 10.1. The number of halogens is 1. The zero-order valence-electron chi connectivity index (χ0n) is 14.3. The summed E-state index contributed by atoms with van der Waals surface area (Å²) in [5, 5.41) is 5.35. The lowest BCUT2D eigenvalue weighted by molar-refractivity contribution is -0.135. The molecular weight excluding hydrogens is 374 g/mol. The Bertz CT molecular complexity index is 571. The number of benzene rings is 1. The van der Waals surface area contributed by atoms with Gasteiger partial charge in [-0.15, -0.1) is 0 Å². The summed E-state index contributed by atoms with van der Waals surface area (Å²) in [6, 6.07) is 6.39. The summed E-state index contributed by atoms with van der Waals surface area (Å²) >= 11 is 3.31. The molecule has 0 aliphatic rings. The highest BCUT2D eigenvalue weighted by molar-refractivity contribution is 9.10. The molecular formula is C17H24BrN3O3. The molecule has 6 nitrogen and oxygen atoms in total. The fourth-order valence-corrected chi connectivity index (χ4v) is 2.44. The topological polar surface area (TPSA) is 78.5 Å². The first kappa shape index (κ1) is 20.2. The van der Waals surface area contributed by atoms with E-state index in [2.05, 4.69) is 26.6 Å². The molecule has 0 heterocycles. The summed E-state index contributed by atoms with van der Waals surface area (Å²) < 4.78 is 0.894. The van der Waals surface area contributed by atoms with Crippen LogP contribution in [0.5, 0.6) is 0 Å². The Kier molecular flexibility index (Phi) is 8.46. The van der Waals surface area contributed by atoms with E-state index in [1.165, 1.54) is 0 Å². The van der Waals surface area contributed by atoms with E-state index in [0.717, 1.165) is 4.47 Å². The number of carbonyl (C=O) groups excluding carboxylic acids is 3. The monoisotopic (exact) mass is 397 g/mol. The number of rotatable bonds is 8. The summed E-state index contributed by atoms with van der Waals surface area (Å²) in [5.74, 6) is -0.603. The second-order valence-electron chi connectivity index (χ2n) is 5.31. The summed E-state index contributed by atoms with van der Waals surface area (Å²) in [6.07, 6.45) is 0.123. The fourth-order valence-electron chi connectivity index (χ4n) is 2.18. The van der Waals surface area contributed by atoms with Crippen LogP contribution in [-0.4, -0.2) is 48.3 Å². The number of hydrogen-bond acceptors (Lipinski definition) is 3. The molecule has 0 bridgehead atoms. The van der Waals surface area contributed by atoms with E-state index in [1.54, 1.807) is 36.1 Å². The van der Waals surface area contributed by atoms with Crippen LogP contribution in [0, 0.1) is 0 Å². The third-order valence-electron chi connectivity index (χ3n) is 3.57. The van der Waals surface area contributed by atoms with Gasteiger partial charge in [-0.05, 0) is 45.0 Å². The molecule has 1 aromatic rings. The van der Waals surface area contributed by atoms with Gasteiger partial charge in [0.05, 0.1) is 0 Å². The van der Waals surface area contributed by atoms with Crippen LogP contribution >= 0.6 is 15.9 Å². The van der Waals surface area contributed by atoms with E-state index in [1.807, 2.05) is 13.8 Å². The predicted molar refractivity (Wildman–Crippen MR) is 96.6 cm³/mol. The van der Waals surface area contributed by atoms with Crippen molar-refractivity contribution in [3.63, 3.8) is 0 Å². The Morgan fingerprint density at radius 2 is 1.71 bits per heavy atom. The number of amides is 3. The lowest BCUT2D eigenvalue weighted by Gasteiger charge is -2.23. The van der Waals surface area contributed by atoms with Crippen LogP contribution in [0.1, 0.15) is 37.6 Å². The van der Waals surface area contributed by atoms with E-state index in [0.29, 0.717) is 18.7 Å². The quantitative estimate of drug-likeness (QED) is 0.703. The SMILES string of the molecule is CCN(CC)C(=O)C(C)NC(=O)CCNC(=O)c1ccc(Br)cc1. The number of likely N-dealkylation sites (N-methyl/N-ethyl adjacent to an activating group) is 1. The van der Waals surface area contributed by atoms with Gasteiger partial charge in [-0.25, -0.2) is 0 Å². The van der Waals surface area contributed by atoms with Crippen molar-refractivity contribution in [3.05, 3.63) is 34.3 Å². The van der Waals surface area contributed by atoms with Crippen molar-refractivity contribution in [2.45, 2.75) is 33.2 Å². The lowest BCUT2D eigenvalue weighted by atomic mass is 10.2. The molecule has 0 saturated carbocycles. The Morgan fingerprint density at radius 3 is 2.25 bits per heavy atom. The highest BCUT2D eigenvalue weighted by atomic mass is 79.9. The van der Waals surface area contributed by atoms with Crippen LogP contribution in [0.15, 0.2) is 28.7 Å². The zero-order chi connectivity index (χ0) is 18.1. The molecule has 24 heavy (non-hydrogen) atoms. The first-order valence-corrected chi connectivity index (χ1v) is 8.80.